The zero-order valence-corrected chi connectivity index (χ0v) is 13.5. The molecule has 1 unspecified atom stereocenters. The summed E-state index contributed by atoms with van der Waals surface area (Å²) in [5.74, 6) is 0. The fourth-order valence-corrected chi connectivity index (χ4v) is 2.70. The van der Waals surface area contributed by atoms with E-state index in [1.165, 1.54) is 22.3 Å². The molecule has 2 nitrogen and oxygen atoms in total. The van der Waals surface area contributed by atoms with Crippen molar-refractivity contribution in [2.75, 3.05) is 5.32 Å². The van der Waals surface area contributed by atoms with Crippen molar-refractivity contribution in [1.82, 2.24) is 0 Å². The highest BCUT2D eigenvalue weighted by Gasteiger charge is 2.11. The summed E-state index contributed by atoms with van der Waals surface area (Å²) in [4.78, 5) is 0. The number of hydrogen-bond acceptors (Lipinski definition) is 2. The summed E-state index contributed by atoms with van der Waals surface area (Å²) >= 11 is 6.07. The van der Waals surface area contributed by atoms with Crippen LogP contribution in [0.15, 0.2) is 30.3 Å². The Balaban J connectivity index is 2.26. The Hall–Kier alpha value is -1.98. The number of nitriles is 1. The molecule has 0 radical (unpaired) electrons. The van der Waals surface area contributed by atoms with E-state index in [0.29, 0.717) is 10.6 Å². The van der Waals surface area contributed by atoms with E-state index in [9.17, 15) is 0 Å². The number of nitrogens with one attached hydrogen (secondary N) is 1. The van der Waals surface area contributed by atoms with E-state index in [4.69, 9.17) is 16.9 Å². The summed E-state index contributed by atoms with van der Waals surface area (Å²) < 4.78 is 0. The molecular weight excluding hydrogens is 280 g/mol. The van der Waals surface area contributed by atoms with Crippen LogP contribution < -0.4 is 5.32 Å². The number of aryl methyl sites for hydroxylation is 3. The highest BCUT2D eigenvalue weighted by molar-refractivity contribution is 6.32. The second-order valence-electron chi connectivity index (χ2n) is 5.47. The van der Waals surface area contributed by atoms with Crippen LogP contribution >= 0.6 is 11.6 Å². The average molecular weight is 299 g/mol. The van der Waals surface area contributed by atoms with Gasteiger partial charge in [-0.2, -0.15) is 5.26 Å². The molecule has 3 heteroatoms. The van der Waals surface area contributed by atoms with E-state index in [-0.39, 0.29) is 6.04 Å². The topological polar surface area (TPSA) is 35.8 Å². The van der Waals surface area contributed by atoms with E-state index >= 15 is 0 Å². The van der Waals surface area contributed by atoms with Crippen LogP contribution in [0.3, 0.4) is 0 Å². The summed E-state index contributed by atoms with van der Waals surface area (Å²) in [6, 6.07) is 12.1. The van der Waals surface area contributed by atoms with Crippen LogP contribution in [0.5, 0.6) is 0 Å². The number of benzene rings is 2. The lowest BCUT2D eigenvalue weighted by Gasteiger charge is -2.19. The smallest absolute Gasteiger partial charge is 0.101 e. The van der Waals surface area contributed by atoms with E-state index in [1.54, 1.807) is 12.1 Å². The molecule has 0 aliphatic heterocycles. The van der Waals surface area contributed by atoms with Gasteiger partial charge in [0.25, 0.3) is 0 Å². The van der Waals surface area contributed by atoms with Gasteiger partial charge in [0.15, 0.2) is 0 Å². The molecule has 0 heterocycles. The summed E-state index contributed by atoms with van der Waals surface area (Å²) in [7, 11) is 0. The van der Waals surface area contributed by atoms with E-state index in [0.717, 1.165) is 5.69 Å². The van der Waals surface area contributed by atoms with Crippen molar-refractivity contribution in [3.8, 4) is 6.07 Å². The quantitative estimate of drug-likeness (QED) is 0.833. The Morgan fingerprint density at radius 3 is 2.33 bits per heavy atom. The third-order valence-electron chi connectivity index (χ3n) is 3.82. The molecule has 0 bridgehead atoms. The zero-order chi connectivity index (χ0) is 15.6. The van der Waals surface area contributed by atoms with Gasteiger partial charge in [-0.1, -0.05) is 23.7 Å². The van der Waals surface area contributed by atoms with Gasteiger partial charge in [-0.3, -0.25) is 0 Å². The normalized spacial score (nSPS) is 11.8. The van der Waals surface area contributed by atoms with Crippen LogP contribution in [0.1, 0.15) is 40.8 Å². The molecule has 0 fully saturated rings. The summed E-state index contributed by atoms with van der Waals surface area (Å²) in [6.45, 7) is 8.52. The summed E-state index contributed by atoms with van der Waals surface area (Å²) in [5, 5.41) is 12.8. The van der Waals surface area contributed by atoms with Gasteiger partial charge in [0.2, 0.25) is 0 Å². The lowest BCUT2D eigenvalue weighted by Crippen LogP contribution is -2.09. The van der Waals surface area contributed by atoms with Crippen LogP contribution in [0, 0.1) is 32.1 Å². The number of nitrogens with zero attached hydrogens (tertiary/aromatic N) is 1. The molecule has 108 valence electrons. The highest BCUT2D eigenvalue weighted by Crippen LogP contribution is 2.27. The zero-order valence-electron chi connectivity index (χ0n) is 12.8. The predicted octanol–water partition coefficient (Wildman–Crippen LogP) is 5.31. The standard InChI is InChI=1S/C18H19ClN2/c1-11-7-13(3)17(8-12(11)2)14(4)21-16-6-5-15(10-20)18(19)9-16/h5-9,14,21H,1-4H3. The molecule has 0 aliphatic carbocycles. The van der Waals surface area contributed by atoms with Gasteiger partial charge in [-0.05, 0) is 68.1 Å². The van der Waals surface area contributed by atoms with Crippen molar-refractivity contribution in [3.63, 3.8) is 0 Å². The fraction of sp³-hybridized carbons (Fsp3) is 0.278. The second-order valence-corrected chi connectivity index (χ2v) is 5.87. The Morgan fingerprint density at radius 2 is 1.71 bits per heavy atom. The maximum atomic E-state index is 8.91. The second kappa shape index (κ2) is 6.20. The molecule has 2 aromatic rings. The van der Waals surface area contributed by atoms with Crippen LogP contribution in [0.4, 0.5) is 5.69 Å². The molecule has 0 aromatic heterocycles. The summed E-state index contributed by atoms with van der Waals surface area (Å²) in [5.41, 5.74) is 6.57. The molecule has 1 N–H and O–H groups in total. The van der Waals surface area contributed by atoms with E-state index in [2.05, 4.69) is 51.2 Å². The van der Waals surface area contributed by atoms with Gasteiger partial charge >= 0.3 is 0 Å². The Morgan fingerprint density at radius 1 is 1.05 bits per heavy atom. The summed E-state index contributed by atoms with van der Waals surface area (Å²) in [6.07, 6.45) is 0. The molecule has 1 atom stereocenters. The minimum absolute atomic E-state index is 0.174. The van der Waals surface area contributed by atoms with Crippen molar-refractivity contribution in [2.24, 2.45) is 0 Å². The van der Waals surface area contributed by atoms with Gasteiger partial charge < -0.3 is 5.32 Å². The van der Waals surface area contributed by atoms with Gasteiger partial charge in [0.1, 0.15) is 6.07 Å². The maximum Gasteiger partial charge on any atom is 0.101 e. The monoisotopic (exact) mass is 298 g/mol. The maximum absolute atomic E-state index is 8.91. The lowest BCUT2D eigenvalue weighted by molar-refractivity contribution is 0.870. The molecule has 21 heavy (non-hydrogen) atoms. The highest BCUT2D eigenvalue weighted by atomic mass is 35.5. The van der Waals surface area contributed by atoms with Crippen molar-refractivity contribution in [1.29, 1.82) is 5.26 Å². The van der Waals surface area contributed by atoms with Gasteiger partial charge in [-0.15, -0.1) is 0 Å². The first-order valence-electron chi connectivity index (χ1n) is 6.96. The molecular formula is C18H19ClN2. The van der Waals surface area contributed by atoms with Gasteiger partial charge in [0.05, 0.1) is 10.6 Å². The van der Waals surface area contributed by atoms with Crippen molar-refractivity contribution in [2.45, 2.75) is 33.7 Å². The SMILES string of the molecule is Cc1cc(C)c(C(C)Nc2ccc(C#N)c(Cl)c2)cc1C. The predicted molar refractivity (Wildman–Crippen MR) is 88.9 cm³/mol. The van der Waals surface area contributed by atoms with E-state index in [1.807, 2.05) is 6.07 Å². The lowest BCUT2D eigenvalue weighted by atomic mass is 9.96. The minimum Gasteiger partial charge on any atom is -0.378 e. The van der Waals surface area contributed by atoms with Gasteiger partial charge in [-0.25, -0.2) is 0 Å². The van der Waals surface area contributed by atoms with Crippen LogP contribution in [0.2, 0.25) is 5.02 Å². The largest absolute Gasteiger partial charge is 0.378 e. The third-order valence-corrected chi connectivity index (χ3v) is 4.13. The van der Waals surface area contributed by atoms with Crippen LogP contribution in [-0.2, 0) is 0 Å². The fourth-order valence-electron chi connectivity index (χ4n) is 2.47. The van der Waals surface area contributed by atoms with Crippen molar-refractivity contribution in [3.05, 3.63) is 63.2 Å². The molecule has 0 spiro atoms. The third kappa shape index (κ3) is 3.37. The first kappa shape index (κ1) is 15.4. The molecule has 0 saturated heterocycles. The first-order chi connectivity index (χ1) is 9.92. The Labute approximate surface area is 131 Å². The number of rotatable bonds is 3. The molecule has 0 saturated carbocycles. The molecule has 2 rings (SSSR count). The molecule has 0 aliphatic rings. The first-order valence-corrected chi connectivity index (χ1v) is 7.34. The number of halogens is 1. The van der Waals surface area contributed by atoms with Crippen molar-refractivity contribution >= 4 is 17.3 Å². The Kier molecular flexibility index (Phi) is 4.55. The van der Waals surface area contributed by atoms with E-state index < -0.39 is 0 Å². The molecule has 2 aromatic carbocycles. The number of anilines is 1. The molecule has 0 amide bonds. The Bertz CT molecular complexity index is 714. The van der Waals surface area contributed by atoms with Gasteiger partial charge in [0, 0.05) is 11.7 Å². The minimum atomic E-state index is 0.174. The number of hydrogen-bond donors (Lipinski definition) is 1. The average Bonchev–Trinajstić information content (AvgIpc) is 2.43. The van der Waals surface area contributed by atoms with Crippen LogP contribution in [0.25, 0.3) is 0 Å². The van der Waals surface area contributed by atoms with Crippen LogP contribution in [-0.4, -0.2) is 0 Å². The van der Waals surface area contributed by atoms with Crippen molar-refractivity contribution < 1.29 is 0 Å².